The summed E-state index contributed by atoms with van der Waals surface area (Å²) in [5.74, 6) is 1.04. The third-order valence-electron chi connectivity index (χ3n) is 4.22. The van der Waals surface area contributed by atoms with Gasteiger partial charge in [-0.15, -0.1) is 0 Å². The van der Waals surface area contributed by atoms with E-state index in [0.717, 1.165) is 30.9 Å². The maximum absolute atomic E-state index is 12.3. The summed E-state index contributed by atoms with van der Waals surface area (Å²) >= 11 is 0. The molecule has 0 atom stereocenters. The Balaban J connectivity index is 1.48. The second-order valence-corrected chi connectivity index (χ2v) is 5.91. The van der Waals surface area contributed by atoms with E-state index < -0.39 is 0 Å². The summed E-state index contributed by atoms with van der Waals surface area (Å²) in [5, 5.41) is 12.9. The molecule has 1 aliphatic heterocycles. The number of hydrogen-bond acceptors (Lipinski definition) is 5. The van der Waals surface area contributed by atoms with Crippen molar-refractivity contribution in [3.63, 3.8) is 0 Å². The number of carbonyl (C=O) groups is 1. The van der Waals surface area contributed by atoms with Gasteiger partial charge in [0.25, 0.3) is 0 Å². The van der Waals surface area contributed by atoms with Crippen LogP contribution >= 0.6 is 0 Å². The minimum Gasteiger partial charge on any atom is -0.353 e. The summed E-state index contributed by atoms with van der Waals surface area (Å²) in [5.41, 5.74) is 1.65. The van der Waals surface area contributed by atoms with E-state index in [1.54, 1.807) is 16.9 Å². The molecule has 0 unspecified atom stereocenters. The number of aryl methyl sites for hydroxylation is 2. The van der Waals surface area contributed by atoms with Gasteiger partial charge < -0.3 is 9.80 Å². The van der Waals surface area contributed by atoms with Gasteiger partial charge in [-0.25, -0.2) is 4.98 Å². The predicted molar refractivity (Wildman–Crippen MR) is 89.3 cm³/mol. The van der Waals surface area contributed by atoms with Crippen LogP contribution in [0.3, 0.4) is 0 Å². The first-order valence-corrected chi connectivity index (χ1v) is 8.02. The van der Waals surface area contributed by atoms with E-state index in [0.29, 0.717) is 25.1 Å². The summed E-state index contributed by atoms with van der Waals surface area (Å²) < 4.78 is 1.75. The van der Waals surface area contributed by atoms with Gasteiger partial charge in [0.15, 0.2) is 0 Å². The molecule has 0 bridgehead atoms. The summed E-state index contributed by atoms with van der Waals surface area (Å²) in [6, 6.07) is 5.70. The first-order valence-electron chi connectivity index (χ1n) is 8.02. The largest absolute Gasteiger partial charge is 0.353 e. The van der Waals surface area contributed by atoms with Gasteiger partial charge in [-0.2, -0.15) is 10.4 Å². The smallest absolute Gasteiger partial charge is 0.223 e. The normalized spacial score (nSPS) is 14.5. The highest BCUT2D eigenvalue weighted by atomic mass is 16.2. The van der Waals surface area contributed by atoms with Gasteiger partial charge in [0, 0.05) is 52.0 Å². The summed E-state index contributed by atoms with van der Waals surface area (Å²) in [6.07, 6.45) is 6.58. The SMILES string of the molecule is Cn1cc(CCC(=O)N2CCN(c3ccc(C#N)cn3)CC2)cn1. The van der Waals surface area contributed by atoms with Crippen molar-refractivity contribution in [2.75, 3.05) is 31.1 Å². The maximum atomic E-state index is 12.3. The molecule has 1 amide bonds. The van der Waals surface area contributed by atoms with Crippen LogP contribution in [0.15, 0.2) is 30.7 Å². The first-order chi connectivity index (χ1) is 11.7. The zero-order valence-electron chi connectivity index (χ0n) is 13.7. The lowest BCUT2D eigenvalue weighted by atomic mass is 10.1. The number of anilines is 1. The molecule has 2 aromatic rings. The molecule has 124 valence electrons. The highest BCUT2D eigenvalue weighted by Gasteiger charge is 2.21. The predicted octanol–water partition coefficient (Wildman–Crippen LogP) is 0.968. The minimum atomic E-state index is 0.186. The molecular weight excluding hydrogens is 304 g/mol. The Morgan fingerprint density at radius 3 is 2.62 bits per heavy atom. The van der Waals surface area contributed by atoms with E-state index in [1.807, 2.05) is 30.4 Å². The number of rotatable bonds is 4. The number of hydrogen-bond donors (Lipinski definition) is 0. The quantitative estimate of drug-likeness (QED) is 0.837. The number of aromatic nitrogens is 3. The van der Waals surface area contributed by atoms with Crippen molar-refractivity contribution in [1.29, 1.82) is 5.26 Å². The van der Waals surface area contributed by atoms with Crippen LogP contribution < -0.4 is 4.90 Å². The standard InChI is InChI=1S/C17H20N6O/c1-21-13-15(12-20-21)3-5-17(24)23-8-6-22(7-9-23)16-4-2-14(10-18)11-19-16/h2,4,11-13H,3,5-9H2,1H3. The Labute approximate surface area is 141 Å². The van der Waals surface area contributed by atoms with E-state index in [1.165, 1.54) is 0 Å². The van der Waals surface area contributed by atoms with E-state index in [4.69, 9.17) is 5.26 Å². The molecule has 3 rings (SSSR count). The molecule has 7 nitrogen and oxygen atoms in total. The lowest BCUT2D eigenvalue weighted by Gasteiger charge is -2.35. The van der Waals surface area contributed by atoms with Gasteiger partial charge in [-0.1, -0.05) is 0 Å². The van der Waals surface area contributed by atoms with Crippen molar-refractivity contribution in [1.82, 2.24) is 19.7 Å². The topological polar surface area (TPSA) is 78.0 Å². The van der Waals surface area contributed by atoms with Crippen molar-refractivity contribution in [3.8, 4) is 6.07 Å². The molecule has 0 radical (unpaired) electrons. The number of nitrogens with zero attached hydrogens (tertiary/aromatic N) is 6. The van der Waals surface area contributed by atoms with Gasteiger partial charge in [0.05, 0.1) is 11.8 Å². The van der Waals surface area contributed by atoms with Crippen LogP contribution in [-0.2, 0) is 18.3 Å². The third-order valence-corrected chi connectivity index (χ3v) is 4.22. The van der Waals surface area contributed by atoms with Crippen molar-refractivity contribution in [3.05, 3.63) is 41.9 Å². The van der Waals surface area contributed by atoms with E-state index >= 15 is 0 Å². The molecule has 1 aliphatic rings. The maximum Gasteiger partial charge on any atom is 0.223 e. The third kappa shape index (κ3) is 3.71. The molecule has 0 N–H and O–H groups in total. The van der Waals surface area contributed by atoms with Crippen LogP contribution in [0.25, 0.3) is 0 Å². The van der Waals surface area contributed by atoms with Gasteiger partial charge >= 0.3 is 0 Å². The highest BCUT2D eigenvalue weighted by Crippen LogP contribution is 2.15. The number of carbonyl (C=O) groups excluding carboxylic acids is 1. The average Bonchev–Trinajstić information content (AvgIpc) is 3.05. The molecule has 0 aliphatic carbocycles. The van der Waals surface area contributed by atoms with E-state index in [-0.39, 0.29) is 5.91 Å². The van der Waals surface area contributed by atoms with Crippen LogP contribution in [0, 0.1) is 11.3 Å². The second kappa shape index (κ2) is 7.13. The fourth-order valence-corrected chi connectivity index (χ4v) is 2.83. The van der Waals surface area contributed by atoms with E-state index in [9.17, 15) is 4.79 Å². The number of amides is 1. The molecule has 1 fully saturated rings. The number of piperazine rings is 1. The van der Waals surface area contributed by atoms with E-state index in [2.05, 4.69) is 21.1 Å². The Morgan fingerprint density at radius 2 is 2.04 bits per heavy atom. The molecule has 0 saturated carbocycles. The molecular formula is C17H20N6O. The fourth-order valence-electron chi connectivity index (χ4n) is 2.83. The van der Waals surface area contributed by atoms with Crippen LogP contribution in [0.5, 0.6) is 0 Å². The Hall–Kier alpha value is -2.88. The Morgan fingerprint density at radius 1 is 1.25 bits per heavy atom. The van der Waals surface area contributed by atoms with Gasteiger partial charge in [-0.05, 0) is 24.1 Å². The molecule has 3 heterocycles. The molecule has 0 aromatic carbocycles. The van der Waals surface area contributed by atoms with Gasteiger partial charge in [0.1, 0.15) is 11.9 Å². The van der Waals surface area contributed by atoms with Gasteiger partial charge in [0.2, 0.25) is 5.91 Å². The first kappa shape index (κ1) is 16.0. The van der Waals surface area contributed by atoms with Crippen LogP contribution in [0.2, 0.25) is 0 Å². The second-order valence-electron chi connectivity index (χ2n) is 5.91. The van der Waals surface area contributed by atoms with Crippen molar-refractivity contribution >= 4 is 11.7 Å². The highest BCUT2D eigenvalue weighted by molar-refractivity contribution is 5.76. The van der Waals surface area contributed by atoms with Crippen molar-refractivity contribution < 1.29 is 4.79 Å². The van der Waals surface area contributed by atoms with Crippen LogP contribution in [0.1, 0.15) is 17.5 Å². The molecule has 2 aromatic heterocycles. The zero-order valence-corrected chi connectivity index (χ0v) is 13.7. The molecule has 0 spiro atoms. The van der Waals surface area contributed by atoms with Crippen molar-refractivity contribution in [2.24, 2.45) is 7.05 Å². The number of nitriles is 1. The molecule has 1 saturated heterocycles. The summed E-state index contributed by atoms with van der Waals surface area (Å²) in [6.45, 7) is 2.93. The fraction of sp³-hybridized carbons (Fsp3) is 0.412. The molecule has 7 heteroatoms. The Kier molecular flexibility index (Phi) is 4.75. The monoisotopic (exact) mass is 324 g/mol. The lowest BCUT2D eigenvalue weighted by Crippen LogP contribution is -2.49. The summed E-state index contributed by atoms with van der Waals surface area (Å²) in [7, 11) is 1.88. The van der Waals surface area contributed by atoms with Crippen LogP contribution in [-0.4, -0.2) is 51.8 Å². The average molecular weight is 324 g/mol. The molecule has 24 heavy (non-hydrogen) atoms. The summed E-state index contributed by atoms with van der Waals surface area (Å²) in [4.78, 5) is 20.7. The van der Waals surface area contributed by atoms with Crippen LogP contribution in [0.4, 0.5) is 5.82 Å². The van der Waals surface area contributed by atoms with Gasteiger partial charge in [-0.3, -0.25) is 9.48 Å². The zero-order chi connectivity index (χ0) is 16.9. The van der Waals surface area contributed by atoms with Crippen molar-refractivity contribution in [2.45, 2.75) is 12.8 Å². The minimum absolute atomic E-state index is 0.186. The Bertz CT molecular complexity index is 737. The lowest BCUT2D eigenvalue weighted by molar-refractivity contribution is -0.131. The number of pyridine rings is 1.